The van der Waals surface area contributed by atoms with Gasteiger partial charge < -0.3 is 10.1 Å². The number of pyridine rings is 1. The van der Waals surface area contributed by atoms with Gasteiger partial charge in [-0.1, -0.05) is 0 Å². The van der Waals surface area contributed by atoms with E-state index in [9.17, 15) is 21.6 Å². The number of aromatic nitrogens is 3. The summed E-state index contributed by atoms with van der Waals surface area (Å²) in [6.07, 6.45) is -1.49. The SMILES string of the molecule is CNc1ccnc2cc(OC)c(S(=O)(=O)C(C)(C)C)cc12.Cc1cn[nH]c1C(F)(F)F. The lowest BCUT2D eigenvalue weighted by Gasteiger charge is -2.21. The van der Waals surface area contributed by atoms with Crippen molar-refractivity contribution in [2.45, 2.75) is 43.5 Å². The summed E-state index contributed by atoms with van der Waals surface area (Å²) in [7, 11) is -0.264. The monoisotopic (exact) mass is 458 g/mol. The lowest BCUT2D eigenvalue weighted by Crippen LogP contribution is -2.28. The molecule has 0 aliphatic rings. The summed E-state index contributed by atoms with van der Waals surface area (Å²) in [5, 5.41) is 8.92. The molecule has 170 valence electrons. The van der Waals surface area contributed by atoms with Crippen LogP contribution >= 0.6 is 0 Å². The molecule has 7 nitrogen and oxygen atoms in total. The summed E-state index contributed by atoms with van der Waals surface area (Å²) < 4.78 is 65.3. The number of benzene rings is 1. The fourth-order valence-corrected chi connectivity index (χ4v) is 4.04. The zero-order chi connectivity index (χ0) is 23.6. The van der Waals surface area contributed by atoms with E-state index in [4.69, 9.17) is 4.74 Å². The number of anilines is 1. The van der Waals surface area contributed by atoms with Crippen molar-refractivity contribution in [3.8, 4) is 5.75 Å². The summed E-state index contributed by atoms with van der Waals surface area (Å²) >= 11 is 0. The summed E-state index contributed by atoms with van der Waals surface area (Å²) in [6, 6.07) is 5.10. The highest BCUT2D eigenvalue weighted by molar-refractivity contribution is 7.92. The van der Waals surface area contributed by atoms with Gasteiger partial charge in [-0.15, -0.1) is 0 Å². The third-order valence-corrected chi connectivity index (χ3v) is 7.01. The minimum atomic E-state index is -4.30. The molecule has 2 N–H and O–H groups in total. The zero-order valence-corrected chi connectivity index (χ0v) is 18.9. The van der Waals surface area contributed by atoms with E-state index >= 15 is 0 Å². The van der Waals surface area contributed by atoms with E-state index < -0.39 is 26.5 Å². The van der Waals surface area contributed by atoms with Crippen molar-refractivity contribution < 1.29 is 26.3 Å². The topological polar surface area (TPSA) is 97.0 Å². The van der Waals surface area contributed by atoms with Gasteiger partial charge in [-0.2, -0.15) is 18.3 Å². The molecule has 0 saturated carbocycles. The average Bonchev–Trinajstić information content (AvgIpc) is 3.12. The van der Waals surface area contributed by atoms with Crippen molar-refractivity contribution >= 4 is 26.4 Å². The number of aromatic amines is 1. The van der Waals surface area contributed by atoms with Gasteiger partial charge in [0.15, 0.2) is 9.84 Å². The average molecular weight is 459 g/mol. The van der Waals surface area contributed by atoms with Crippen LogP contribution in [0.1, 0.15) is 32.0 Å². The number of methoxy groups -OCH3 is 1. The number of sulfone groups is 1. The normalized spacial score (nSPS) is 12.3. The first kappa shape index (κ1) is 24.4. The van der Waals surface area contributed by atoms with Crippen molar-refractivity contribution in [1.29, 1.82) is 0 Å². The summed E-state index contributed by atoms with van der Waals surface area (Å²) in [5.41, 5.74) is 0.861. The third kappa shape index (κ3) is 5.09. The molecule has 0 unspecified atom stereocenters. The predicted molar refractivity (Wildman–Crippen MR) is 113 cm³/mol. The van der Waals surface area contributed by atoms with Crippen LogP contribution in [0.4, 0.5) is 18.9 Å². The van der Waals surface area contributed by atoms with Gasteiger partial charge in [0.25, 0.3) is 0 Å². The second-order valence-corrected chi connectivity index (χ2v) is 10.3. The van der Waals surface area contributed by atoms with Crippen LogP contribution in [0.25, 0.3) is 10.9 Å². The number of nitrogens with one attached hydrogen (secondary N) is 2. The Morgan fingerprint density at radius 2 is 1.81 bits per heavy atom. The molecule has 3 aromatic rings. The second kappa shape index (κ2) is 8.74. The molecule has 0 aliphatic heterocycles. The molecule has 0 radical (unpaired) electrons. The van der Waals surface area contributed by atoms with E-state index in [2.05, 4.69) is 15.4 Å². The number of H-pyrrole nitrogens is 1. The van der Waals surface area contributed by atoms with Crippen LogP contribution in [0.15, 0.2) is 35.5 Å². The first-order chi connectivity index (χ1) is 14.2. The molecule has 0 aliphatic carbocycles. The van der Waals surface area contributed by atoms with Gasteiger partial charge in [-0.25, -0.2) is 8.42 Å². The zero-order valence-electron chi connectivity index (χ0n) is 18.0. The number of hydrogen-bond acceptors (Lipinski definition) is 6. The van der Waals surface area contributed by atoms with Crippen molar-refractivity contribution in [1.82, 2.24) is 15.2 Å². The lowest BCUT2D eigenvalue weighted by molar-refractivity contribution is -0.141. The van der Waals surface area contributed by atoms with Gasteiger partial charge in [0.05, 0.1) is 23.6 Å². The Labute approximate surface area is 178 Å². The van der Waals surface area contributed by atoms with Gasteiger partial charge in [0.1, 0.15) is 16.3 Å². The minimum absolute atomic E-state index is 0.118. The number of aryl methyl sites for hydroxylation is 1. The maximum absolute atomic E-state index is 12.8. The van der Waals surface area contributed by atoms with Gasteiger partial charge in [0, 0.05) is 30.4 Å². The van der Waals surface area contributed by atoms with Crippen molar-refractivity contribution in [2.24, 2.45) is 0 Å². The van der Waals surface area contributed by atoms with Gasteiger partial charge in [-0.05, 0) is 45.4 Å². The molecule has 1 aromatic carbocycles. The molecule has 31 heavy (non-hydrogen) atoms. The highest BCUT2D eigenvalue weighted by Gasteiger charge is 2.34. The third-order valence-electron chi connectivity index (χ3n) is 4.50. The van der Waals surface area contributed by atoms with E-state index in [0.29, 0.717) is 11.3 Å². The Balaban J connectivity index is 0.000000285. The van der Waals surface area contributed by atoms with E-state index in [1.807, 2.05) is 11.2 Å². The van der Waals surface area contributed by atoms with Crippen LogP contribution in [0.2, 0.25) is 0 Å². The van der Waals surface area contributed by atoms with E-state index in [-0.39, 0.29) is 10.5 Å². The second-order valence-electron chi connectivity index (χ2n) is 7.67. The number of hydrogen-bond donors (Lipinski definition) is 2. The Kier molecular flexibility index (Phi) is 6.89. The molecule has 0 atom stereocenters. The minimum Gasteiger partial charge on any atom is -0.495 e. The van der Waals surface area contributed by atoms with E-state index in [0.717, 1.165) is 17.3 Å². The smallest absolute Gasteiger partial charge is 0.433 e. The fraction of sp³-hybridized carbons (Fsp3) is 0.400. The highest BCUT2D eigenvalue weighted by atomic mass is 32.2. The molecular weight excluding hydrogens is 433 g/mol. The molecule has 2 aromatic heterocycles. The number of rotatable bonds is 3. The van der Waals surface area contributed by atoms with Gasteiger partial charge >= 0.3 is 6.18 Å². The van der Waals surface area contributed by atoms with Crippen LogP contribution in [0.3, 0.4) is 0 Å². The van der Waals surface area contributed by atoms with Crippen molar-refractivity contribution in [2.75, 3.05) is 19.5 Å². The molecule has 11 heteroatoms. The van der Waals surface area contributed by atoms with E-state index in [1.165, 1.54) is 14.0 Å². The first-order valence-electron chi connectivity index (χ1n) is 9.20. The maximum Gasteiger partial charge on any atom is 0.433 e. The summed E-state index contributed by atoms with van der Waals surface area (Å²) in [6.45, 7) is 6.38. The summed E-state index contributed by atoms with van der Waals surface area (Å²) in [4.78, 5) is 4.46. The van der Waals surface area contributed by atoms with Crippen molar-refractivity contribution in [3.63, 3.8) is 0 Å². The molecule has 2 heterocycles. The Morgan fingerprint density at radius 1 is 1.16 bits per heavy atom. The summed E-state index contributed by atoms with van der Waals surface area (Å²) in [5.74, 6) is 0.318. The highest BCUT2D eigenvalue weighted by Crippen LogP contribution is 2.36. The number of alkyl halides is 3. The Bertz CT molecular complexity index is 1170. The predicted octanol–water partition coefficient (Wildman–Crippen LogP) is 4.59. The van der Waals surface area contributed by atoms with E-state index in [1.54, 1.807) is 46.1 Å². The van der Waals surface area contributed by atoms with Crippen LogP contribution in [-0.2, 0) is 16.0 Å². The standard InChI is InChI=1S/C15H20N2O3S.C5H5F3N2/c1-15(2,3)21(18,19)14-8-10-11(16-4)6-7-17-12(10)9-13(14)20-5;1-3-2-9-10-4(3)5(6,7)8/h6-9H,1-5H3,(H,16,17);2H,1H3,(H,9,10). The molecule has 3 rings (SSSR count). The molecule has 0 saturated heterocycles. The number of fused-ring (bicyclic) bond motifs is 1. The van der Waals surface area contributed by atoms with Crippen molar-refractivity contribution in [3.05, 3.63) is 41.9 Å². The van der Waals surface area contributed by atoms with Crippen LogP contribution < -0.4 is 10.1 Å². The quantitative estimate of drug-likeness (QED) is 0.596. The first-order valence-corrected chi connectivity index (χ1v) is 10.7. The van der Waals surface area contributed by atoms with Gasteiger partial charge in [-0.3, -0.25) is 10.1 Å². The largest absolute Gasteiger partial charge is 0.495 e. The Hall–Kier alpha value is -2.82. The number of halogens is 3. The van der Waals surface area contributed by atoms with Crippen LogP contribution in [-0.4, -0.2) is 42.5 Å². The molecule has 0 fully saturated rings. The molecule has 0 amide bonds. The maximum atomic E-state index is 12.8. The Morgan fingerprint density at radius 3 is 2.23 bits per heavy atom. The molecule has 0 spiro atoms. The van der Waals surface area contributed by atoms with Gasteiger partial charge in [0.2, 0.25) is 0 Å². The molecule has 0 bridgehead atoms. The lowest BCUT2D eigenvalue weighted by atomic mass is 10.2. The van der Waals surface area contributed by atoms with Crippen LogP contribution in [0, 0.1) is 6.92 Å². The number of nitrogens with zero attached hydrogens (tertiary/aromatic N) is 2. The number of ether oxygens (including phenoxy) is 1. The van der Waals surface area contributed by atoms with Crippen LogP contribution in [0.5, 0.6) is 5.75 Å². The molecular formula is C20H25F3N4O3S. The fourth-order valence-electron chi connectivity index (χ4n) is 2.70.